The smallest absolute Gasteiger partial charge is 0.337 e. The molecule has 0 aliphatic carbocycles. The average molecular weight is 249 g/mol. The fraction of sp³-hybridized carbons (Fsp3) is 0.333. The van der Waals surface area contributed by atoms with Gasteiger partial charge in [-0.1, -0.05) is 6.07 Å². The Bertz CT molecular complexity index is 501. The molecular formula is C12H15N3O3. The van der Waals surface area contributed by atoms with E-state index in [1.807, 2.05) is 0 Å². The van der Waals surface area contributed by atoms with Gasteiger partial charge in [0.15, 0.2) is 0 Å². The predicted molar refractivity (Wildman–Crippen MR) is 67.4 cm³/mol. The third-order valence-corrected chi connectivity index (χ3v) is 3.20. The van der Waals surface area contributed by atoms with Crippen molar-refractivity contribution in [2.24, 2.45) is 5.73 Å². The van der Waals surface area contributed by atoms with E-state index in [4.69, 9.17) is 16.6 Å². The maximum absolute atomic E-state index is 11.3. The number of hydrogen-bond donors (Lipinski definition) is 3. The molecule has 1 aliphatic rings. The Labute approximate surface area is 104 Å². The van der Waals surface area contributed by atoms with Crippen LogP contribution in [0.1, 0.15) is 23.2 Å². The van der Waals surface area contributed by atoms with E-state index in [9.17, 15) is 9.59 Å². The first kappa shape index (κ1) is 12.2. The Morgan fingerprint density at radius 1 is 1.39 bits per heavy atom. The molecule has 1 amide bonds. The first-order chi connectivity index (χ1) is 8.52. The van der Waals surface area contributed by atoms with Gasteiger partial charge in [-0.25, -0.2) is 4.79 Å². The lowest BCUT2D eigenvalue weighted by Crippen LogP contribution is -2.40. The lowest BCUT2D eigenvalue weighted by molar-refractivity contribution is -0.119. The first-order valence-corrected chi connectivity index (χ1v) is 5.70. The Morgan fingerprint density at radius 3 is 2.72 bits per heavy atom. The van der Waals surface area contributed by atoms with Crippen LogP contribution in [0.2, 0.25) is 0 Å². The van der Waals surface area contributed by atoms with E-state index in [1.54, 1.807) is 17.0 Å². The van der Waals surface area contributed by atoms with Crippen LogP contribution in [0.5, 0.6) is 0 Å². The molecule has 5 N–H and O–H groups in total. The first-order valence-electron chi connectivity index (χ1n) is 5.70. The minimum Gasteiger partial charge on any atom is -0.478 e. The highest BCUT2D eigenvalue weighted by atomic mass is 16.4. The highest BCUT2D eigenvalue weighted by molar-refractivity contribution is 5.98. The molecule has 0 radical (unpaired) electrons. The molecule has 0 saturated carbocycles. The number of amides is 1. The molecule has 1 saturated heterocycles. The lowest BCUT2D eigenvalue weighted by atomic mass is 10.1. The van der Waals surface area contributed by atoms with Crippen LogP contribution in [0.15, 0.2) is 18.2 Å². The quantitative estimate of drug-likeness (QED) is 0.672. The molecule has 96 valence electrons. The summed E-state index contributed by atoms with van der Waals surface area (Å²) in [5, 5.41) is 9.02. The van der Waals surface area contributed by atoms with Crippen molar-refractivity contribution in [2.75, 3.05) is 17.2 Å². The molecule has 2 rings (SSSR count). The largest absolute Gasteiger partial charge is 0.478 e. The van der Waals surface area contributed by atoms with Crippen LogP contribution in [0.25, 0.3) is 0 Å². The number of anilines is 2. The van der Waals surface area contributed by atoms with Gasteiger partial charge in [0, 0.05) is 6.54 Å². The van der Waals surface area contributed by atoms with E-state index in [2.05, 4.69) is 0 Å². The molecule has 18 heavy (non-hydrogen) atoms. The Kier molecular flexibility index (Phi) is 3.10. The summed E-state index contributed by atoms with van der Waals surface area (Å²) in [6.07, 6.45) is 1.51. The number of carboxylic acid groups (broad SMARTS) is 1. The maximum atomic E-state index is 11.3. The maximum Gasteiger partial charge on any atom is 0.337 e. The number of primary amides is 1. The normalized spacial score (nSPS) is 18.9. The molecule has 6 nitrogen and oxygen atoms in total. The van der Waals surface area contributed by atoms with E-state index in [0.717, 1.165) is 6.42 Å². The second-order valence-electron chi connectivity index (χ2n) is 4.30. The molecule has 1 fully saturated rings. The number of nitrogen functional groups attached to an aromatic ring is 1. The number of carbonyl (C=O) groups is 2. The predicted octanol–water partition coefficient (Wildman–Crippen LogP) is 0.421. The van der Waals surface area contributed by atoms with Crippen molar-refractivity contribution in [3.05, 3.63) is 23.8 Å². The summed E-state index contributed by atoms with van der Waals surface area (Å²) >= 11 is 0. The van der Waals surface area contributed by atoms with E-state index in [1.165, 1.54) is 6.07 Å². The molecule has 1 unspecified atom stereocenters. The van der Waals surface area contributed by atoms with Crippen LogP contribution >= 0.6 is 0 Å². The zero-order chi connectivity index (χ0) is 13.3. The monoisotopic (exact) mass is 249 g/mol. The van der Waals surface area contributed by atoms with Gasteiger partial charge in [0.2, 0.25) is 5.91 Å². The third-order valence-electron chi connectivity index (χ3n) is 3.20. The summed E-state index contributed by atoms with van der Waals surface area (Å²) in [7, 11) is 0. The van der Waals surface area contributed by atoms with Gasteiger partial charge in [-0.2, -0.15) is 0 Å². The topological polar surface area (TPSA) is 110 Å². The fourth-order valence-electron chi connectivity index (χ4n) is 2.34. The lowest BCUT2D eigenvalue weighted by Gasteiger charge is -2.26. The van der Waals surface area contributed by atoms with Crippen molar-refractivity contribution >= 4 is 23.3 Å². The second kappa shape index (κ2) is 4.56. The third kappa shape index (κ3) is 1.97. The summed E-state index contributed by atoms with van der Waals surface area (Å²) in [6, 6.07) is 4.36. The number of carbonyl (C=O) groups excluding carboxylic acids is 1. The molecule has 1 atom stereocenters. The van der Waals surface area contributed by atoms with Gasteiger partial charge in [-0.3, -0.25) is 4.79 Å². The SMILES string of the molecule is NC(=O)C1CCCN1c1cccc(C(=O)O)c1N. The number of para-hydroxylation sites is 1. The fourth-order valence-corrected chi connectivity index (χ4v) is 2.34. The number of nitrogens with zero attached hydrogens (tertiary/aromatic N) is 1. The van der Waals surface area contributed by atoms with E-state index in [0.29, 0.717) is 18.7 Å². The Hall–Kier alpha value is -2.24. The summed E-state index contributed by atoms with van der Waals surface area (Å²) in [6.45, 7) is 0.654. The van der Waals surface area contributed by atoms with Crippen molar-refractivity contribution in [3.8, 4) is 0 Å². The van der Waals surface area contributed by atoms with Gasteiger partial charge < -0.3 is 21.5 Å². The summed E-state index contributed by atoms with van der Waals surface area (Å²) in [5.41, 5.74) is 12.0. The molecule has 1 aromatic rings. The second-order valence-corrected chi connectivity index (χ2v) is 4.30. The van der Waals surface area contributed by atoms with E-state index in [-0.39, 0.29) is 11.3 Å². The standard InChI is InChI=1S/C12H15N3O3/c13-10-7(12(17)18)3-1-4-8(10)15-6-2-5-9(15)11(14)16/h1,3-4,9H,2,5-6,13H2,(H2,14,16)(H,17,18). The summed E-state index contributed by atoms with van der Waals surface area (Å²) in [5.74, 6) is -1.49. The zero-order valence-corrected chi connectivity index (χ0v) is 9.80. The minimum atomic E-state index is -1.08. The molecule has 1 aliphatic heterocycles. The van der Waals surface area contributed by atoms with Crippen molar-refractivity contribution in [3.63, 3.8) is 0 Å². The van der Waals surface area contributed by atoms with Gasteiger partial charge >= 0.3 is 5.97 Å². The highest BCUT2D eigenvalue weighted by Crippen LogP contribution is 2.32. The van der Waals surface area contributed by atoms with Crippen LogP contribution in [-0.4, -0.2) is 29.6 Å². The number of nitrogens with two attached hydrogens (primary N) is 2. The van der Waals surface area contributed by atoms with Crippen molar-refractivity contribution in [2.45, 2.75) is 18.9 Å². The summed E-state index contributed by atoms with van der Waals surface area (Å²) < 4.78 is 0. The number of rotatable bonds is 3. The number of carboxylic acids is 1. The zero-order valence-electron chi connectivity index (χ0n) is 9.80. The van der Waals surface area contributed by atoms with Crippen molar-refractivity contribution < 1.29 is 14.7 Å². The summed E-state index contributed by atoms with van der Waals surface area (Å²) in [4.78, 5) is 24.1. The molecule has 0 bridgehead atoms. The number of hydrogen-bond acceptors (Lipinski definition) is 4. The van der Waals surface area contributed by atoms with E-state index >= 15 is 0 Å². The minimum absolute atomic E-state index is 0.0441. The van der Waals surface area contributed by atoms with Gasteiger partial charge in [-0.05, 0) is 25.0 Å². The van der Waals surface area contributed by atoms with Gasteiger partial charge in [0.05, 0.1) is 16.9 Å². The van der Waals surface area contributed by atoms with Crippen LogP contribution in [0, 0.1) is 0 Å². The Morgan fingerprint density at radius 2 is 2.11 bits per heavy atom. The molecular weight excluding hydrogens is 234 g/mol. The van der Waals surface area contributed by atoms with E-state index < -0.39 is 17.9 Å². The van der Waals surface area contributed by atoms with Gasteiger partial charge in [0.25, 0.3) is 0 Å². The molecule has 0 spiro atoms. The number of benzene rings is 1. The molecule has 1 aromatic carbocycles. The highest BCUT2D eigenvalue weighted by Gasteiger charge is 2.30. The molecule has 0 aromatic heterocycles. The van der Waals surface area contributed by atoms with Gasteiger partial charge in [0.1, 0.15) is 6.04 Å². The average Bonchev–Trinajstić information content (AvgIpc) is 2.77. The van der Waals surface area contributed by atoms with Crippen molar-refractivity contribution in [1.82, 2.24) is 0 Å². The van der Waals surface area contributed by atoms with Crippen LogP contribution in [0.4, 0.5) is 11.4 Å². The molecule has 1 heterocycles. The number of aromatic carboxylic acids is 1. The van der Waals surface area contributed by atoms with Crippen LogP contribution < -0.4 is 16.4 Å². The molecule has 6 heteroatoms. The Balaban J connectivity index is 2.42. The van der Waals surface area contributed by atoms with Gasteiger partial charge in [-0.15, -0.1) is 0 Å². The van der Waals surface area contributed by atoms with Crippen LogP contribution in [0.3, 0.4) is 0 Å². The van der Waals surface area contributed by atoms with Crippen LogP contribution in [-0.2, 0) is 4.79 Å². The van der Waals surface area contributed by atoms with Crippen molar-refractivity contribution in [1.29, 1.82) is 0 Å².